The largest absolute Gasteiger partial charge is 0.455 e. The first-order valence-electron chi connectivity index (χ1n) is 21.2. The highest BCUT2D eigenvalue weighted by Gasteiger charge is 2.53. The summed E-state index contributed by atoms with van der Waals surface area (Å²) in [6.07, 6.45) is 0. The zero-order chi connectivity index (χ0) is 40.5. The van der Waals surface area contributed by atoms with Crippen molar-refractivity contribution in [2.75, 3.05) is 4.90 Å². The molecule has 2 nitrogen and oxygen atoms in total. The lowest BCUT2D eigenvalue weighted by molar-refractivity contribution is 0.454. The van der Waals surface area contributed by atoms with Crippen LogP contribution < -0.4 is 9.64 Å². The molecule has 9 aromatic carbocycles. The summed E-state index contributed by atoms with van der Waals surface area (Å²) >= 11 is 1.83. The Hall–Kier alpha value is -7.07. The third-order valence-corrected chi connectivity index (χ3v) is 14.9. The molecule has 3 heteroatoms. The molecule has 1 aliphatic heterocycles. The van der Waals surface area contributed by atoms with E-state index in [4.69, 9.17) is 4.74 Å². The van der Waals surface area contributed by atoms with Gasteiger partial charge >= 0.3 is 0 Å². The summed E-state index contributed by atoms with van der Waals surface area (Å²) in [7, 11) is 0. The van der Waals surface area contributed by atoms with Crippen LogP contribution in [0.25, 0.3) is 44.5 Å². The molecule has 1 spiro atoms. The minimum absolute atomic E-state index is 0.152. The van der Waals surface area contributed by atoms with Crippen molar-refractivity contribution in [3.63, 3.8) is 0 Å². The van der Waals surface area contributed by atoms with Gasteiger partial charge in [-0.3, -0.25) is 0 Å². The minimum atomic E-state index is -0.535. The Morgan fingerprint density at radius 1 is 0.410 bits per heavy atom. The molecule has 0 amide bonds. The maximum atomic E-state index is 6.64. The highest BCUT2D eigenvalue weighted by molar-refractivity contribution is 7.99. The number of hydrogen-bond donors (Lipinski definition) is 0. The molecule has 0 N–H and O–H groups in total. The molecule has 0 saturated carbocycles. The summed E-state index contributed by atoms with van der Waals surface area (Å²) in [5.41, 5.74) is 20.8. The molecule has 13 rings (SSSR count). The first-order chi connectivity index (χ1) is 30.0. The van der Waals surface area contributed by atoms with E-state index >= 15 is 0 Å². The first-order valence-corrected chi connectivity index (χ1v) is 22.0. The van der Waals surface area contributed by atoms with E-state index in [-0.39, 0.29) is 5.41 Å². The molecule has 9 aromatic rings. The molecule has 3 aliphatic carbocycles. The molecule has 1 unspecified atom stereocenters. The van der Waals surface area contributed by atoms with Crippen molar-refractivity contribution in [2.24, 2.45) is 0 Å². The molecule has 1 heterocycles. The SMILES string of the molecule is CC1(C)c2ccccc2-c2ccc(N(c3ccccc3-c3ccccc3)c3cccc4c3-c3ccccc3C43c4ccccc4-c4c3ccc3c4Sc4ccccc4O3)cc21. The molecular formula is C58H39NOS. The Morgan fingerprint density at radius 2 is 1.00 bits per heavy atom. The Morgan fingerprint density at radius 3 is 1.80 bits per heavy atom. The van der Waals surface area contributed by atoms with Gasteiger partial charge in [-0.05, 0) is 104 Å². The average Bonchev–Trinajstić information content (AvgIpc) is 3.88. The van der Waals surface area contributed by atoms with Crippen LogP contribution in [-0.4, -0.2) is 0 Å². The Kier molecular flexibility index (Phi) is 7.25. The minimum Gasteiger partial charge on any atom is -0.455 e. The second-order valence-electron chi connectivity index (χ2n) is 17.1. The van der Waals surface area contributed by atoms with Crippen LogP contribution in [0.2, 0.25) is 0 Å². The van der Waals surface area contributed by atoms with Gasteiger partial charge in [0.15, 0.2) is 0 Å². The van der Waals surface area contributed by atoms with Crippen LogP contribution in [0.15, 0.2) is 210 Å². The molecular weight excluding hydrogens is 759 g/mol. The lowest BCUT2D eigenvalue weighted by atomic mass is 9.70. The average molecular weight is 798 g/mol. The van der Waals surface area contributed by atoms with Gasteiger partial charge in [-0.25, -0.2) is 0 Å². The van der Waals surface area contributed by atoms with E-state index in [0.29, 0.717) is 0 Å². The maximum absolute atomic E-state index is 6.64. The Labute approximate surface area is 360 Å². The van der Waals surface area contributed by atoms with Gasteiger partial charge in [0.25, 0.3) is 0 Å². The molecule has 0 saturated heterocycles. The fraction of sp³-hybridized carbons (Fsp3) is 0.0690. The number of para-hydroxylation sites is 2. The Bertz CT molecular complexity index is 3310. The smallest absolute Gasteiger partial charge is 0.142 e. The highest BCUT2D eigenvalue weighted by atomic mass is 32.2. The topological polar surface area (TPSA) is 12.5 Å². The number of benzene rings is 9. The monoisotopic (exact) mass is 797 g/mol. The summed E-state index contributed by atoms with van der Waals surface area (Å²) in [5.74, 6) is 1.83. The number of anilines is 3. The van der Waals surface area contributed by atoms with Crippen molar-refractivity contribution in [3.8, 4) is 56.0 Å². The zero-order valence-corrected chi connectivity index (χ0v) is 34.6. The van der Waals surface area contributed by atoms with Crippen molar-refractivity contribution in [1.82, 2.24) is 0 Å². The van der Waals surface area contributed by atoms with Gasteiger partial charge in [-0.15, -0.1) is 0 Å². The fourth-order valence-corrected chi connectivity index (χ4v) is 12.3. The van der Waals surface area contributed by atoms with Gasteiger partial charge in [0.1, 0.15) is 11.5 Å². The van der Waals surface area contributed by atoms with Gasteiger partial charge in [-0.1, -0.05) is 183 Å². The van der Waals surface area contributed by atoms with Gasteiger partial charge in [0.05, 0.1) is 26.6 Å². The summed E-state index contributed by atoms with van der Waals surface area (Å²) in [4.78, 5) is 4.87. The molecule has 0 bridgehead atoms. The van der Waals surface area contributed by atoms with Crippen LogP contribution in [0.1, 0.15) is 47.2 Å². The lowest BCUT2D eigenvalue weighted by Gasteiger charge is -2.33. The van der Waals surface area contributed by atoms with Crippen molar-refractivity contribution >= 4 is 28.8 Å². The molecule has 288 valence electrons. The van der Waals surface area contributed by atoms with Crippen LogP contribution in [-0.2, 0) is 10.8 Å². The first kappa shape index (κ1) is 34.8. The zero-order valence-electron chi connectivity index (χ0n) is 33.8. The van der Waals surface area contributed by atoms with Crippen LogP contribution >= 0.6 is 11.8 Å². The van der Waals surface area contributed by atoms with Gasteiger partial charge in [0.2, 0.25) is 0 Å². The molecule has 4 aliphatic rings. The summed E-state index contributed by atoms with van der Waals surface area (Å²) in [6, 6.07) is 74.1. The van der Waals surface area contributed by atoms with E-state index in [9.17, 15) is 0 Å². The normalized spacial score (nSPS) is 16.3. The quantitative estimate of drug-likeness (QED) is 0.176. The standard InChI is InChI=1S/C58H39NOS/c1-57(2)43-23-10-6-20-39(43)40-32-31-37(35-48(40)57)59(49-27-13-9-19-38(49)36-17-4-3-5-18-36)50-28-16-26-46-54(50)41-21-7-11-24-44(41)58(46)45-25-12-8-22-42(45)55-47(58)33-34-52-56(55)61-53-30-15-14-29-51(53)60-52/h3-35H,1-2H3. The van der Waals surface area contributed by atoms with E-state index in [1.54, 1.807) is 0 Å². The number of nitrogens with zero attached hydrogens (tertiary/aromatic N) is 1. The van der Waals surface area contributed by atoms with E-state index < -0.39 is 5.41 Å². The molecule has 0 aromatic heterocycles. The van der Waals surface area contributed by atoms with Crippen LogP contribution in [0, 0.1) is 0 Å². The summed E-state index contributed by atoms with van der Waals surface area (Å²) in [5, 5.41) is 0. The third-order valence-electron chi connectivity index (χ3n) is 13.7. The van der Waals surface area contributed by atoms with Crippen LogP contribution in [0.3, 0.4) is 0 Å². The van der Waals surface area contributed by atoms with Crippen molar-refractivity contribution in [2.45, 2.75) is 34.5 Å². The van der Waals surface area contributed by atoms with E-state index in [2.05, 4.69) is 219 Å². The molecule has 61 heavy (non-hydrogen) atoms. The van der Waals surface area contributed by atoms with Gasteiger partial charge < -0.3 is 9.64 Å². The predicted octanol–water partition coefficient (Wildman–Crippen LogP) is 15.7. The third kappa shape index (κ3) is 4.64. The lowest BCUT2D eigenvalue weighted by Crippen LogP contribution is -2.26. The summed E-state index contributed by atoms with van der Waals surface area (Å²) in [6.45, 7) is 4.75. The molecule has 0 radical (unpaired) electrons. The number of fused-ring (bicyclic) bond motifs is 16. The van der Waals surface area contributed by atoms with Crippen LogP contribution in [0.5, 0.6) is 11.5 Å². The highest BCUT2D eigenvalue weighted by Crippen LogP contribution is 2.67. The molecule has 1 atom stereocenters. The predicted molar refractivity (Wildman–Crippen MR) is 251 cm³/mol. The number of hydrogen-bond acceptors (Lipinski definition) is 3. The van der Waals surface area contributed by atoms with Crippen molar-refractivity contribution < 1.29 is 4.74 Å². The summed E-state index contributed by atoms with van der Waals surface area (Å²) < 4.78 is 6.64. The fourth-order valence-electron chi connectivity index (χ4n) is 11.2. The second kappa shape index (κ2) is 12.7. The van der Waals surface area contributed by atoms with E-state index in [0.717, 1.165) is 33.5 Å². The van der Waals surface area contributed by atoms with Gasteiger partial charge in [0, 0.05) is 27.8 Å². The second-order valence-corrected chi connectivity index (χ2v) is 18.2. The van der Waals surface area contributed by atoms with Crippen molar-refractivity contribution in [1.29, 1.82) is 0 Å². The van der Waals surface area contributed by atoms with Crippen LogP contribution in [0.4, 0.5) is 17.1 Å². The van der Waals surface area contributed by atoms with Crippen molar-refractivity contribution in [3.05, 3.63) is 234 Å². The van der Waals surface area contributed by atoms with E-state index in [1.165, 1.54) is 82.8 Å². The number of rotatable bonds is 4. The maximum Gasteiger partial charge on any atom is 0.142 e. The number of ether oxygens (including phenoxy) is 1. The Balaban J connectivity index is 1.10. The van der Waals surface area contributed by atoms with E-state index in [1.807, 2.05) is 11.8 Å². The van der Waals surface area contributed by atoms with Gasteiger partial charge in [-0.2, -0.15) is 0 Å². The molecule has 0 fully saturated rings.